The molecule has 38 heavy (non-hydrogen) atoms. The Morgan fingerprint density at radius 3 is 2.68 bits per heavy atom. The molecule has 5 aromatic heterocycles. The molecular weight excluding hydrogens is 496 g/mol. The summed E-state index contributed by atoms with van der Waals surface area (Å²) in [7, 11) is 0. The highest BCUT2D eigenvalue weighted by Crippen LogP contribution is 2.33. The molecule has 5 heterocycles. The highest BCUT2D eigenvalue weighted by molar-refractivity contribution is 7.15. The SMILES string of the molecule is C=N/C=C(\C=C(/C)NC(=O)CC(C)C)c1ccc2[nH]nc(-c3nc4c(-c5ccc(C)s5)nccc4[nH]3)c2n1. The molecule has 10 heteroatoms. The largest absolute Gasteiger partial charge is 0.336 e. The van der Waals surface area contributed by atoms with Crippen molar-refractivity contribution in [3.63, 3.8) is 0 Å². The number of pyridine rings is 2. The van der Waals surface area contributed by atoms with Gasteiger partial charge >= 0.3 is 0 Å². The van der Waals surface area contributed by atoms with Crippen LogP contribution in [0.4, 0.5) is 0 Å². The lowest BCUT2D eigenvalue weighted by Crippen LogP contribution is -2.22. The molecule has 192 valence electrons. The number of fused-ring (bicyclic) bond motifs is 2. The predicted octanol–water partition coefficient (Wildman–Crippen LogP) is 6.04. The number of aryl methyl sites for hydroxylation is 1. The highest BCUT2D eigenvalue weighted by atomic mass is 32.1. The lowest BCUT2D eigenvalue weighted by Gasteiger charge is -2.09. The number of aromatic amines is 2. The molecule has 0 bridgehead atoms. The van der Waals surface area contributed by atoms with Gasteiger partial charge < -0.3 is 10.3 Å². The molecular formula is C28H28N8OS. The minimum Gasteiger partial charge on any atom is -0.336 e. The van der Waals surface area contributed by atoms with E-state index in [2.05, 4.69) is 56.2 Å². The van der Waals surface area contributed by atoms with E-state index >= 15 is 0 Å². The Balaban J connectivity index is 1.53. The summed E-state index contributed by atoms with van der Waals surface area (Å²) >= 11 is 1.68. The van der Waals surface area contributed by atoms with Gasteiger partial charge in [-0.3, -0.25) is 19.9 Å². The molecule has 0 fully saturated rings. The van der Waals surface area contributed by atoms with E-state index in [0.29, 0.717) is 40.4 Å². The third-order valence-corrected chi connectivity index (χ3v) is 6.84. The lowest BCUT2D eigenvalue weighted by atomic mass is 10.1. The van der Waals surface area contributed by atoms with Crippen LogP contribution in [0.3, 0.4) is 0 Å². The van der Waals surface area contributed by atoms with Crippen LogP contribution in [0.2, 0.25) is 0 Å². The molecule has 3 N–H and O–H groups in total. The van der Waals surface area contributed by atoms with Crippen LogP contribution in [-0.2, 0) is 4.79 Å². The minimum atomic E-state index is -0.0309. The van der Waals surface area contributed by atoms with Gasteiger partial charge in [0.1, 0.15) is 16.7 Å². The second-order valence-electron chi connectivity index (χ2n) is 9.46. The molecule has 0 atom stereocenters. The zero-order valence-electron chi connectivity index (χ0n) is 21.7. The molecule has 0 unspecified atom stereocenters. The summed E-state index contributed by atoms with van der Waals surface area (Å²) in [6.45, 7) is 11.5. The number of allylic oxidation sites excluding steroid dienone is 3. The molecule has 0 saturated carbocycles. The average molecular weight is 525 g/mol. The van der Waals surface area contributed by atoms with Crippen molar-refractivity contribution in [3.8, 4) is 22.1 Å². The lowest BCUT2D eigenvalue weighted by molar-refractivity contribution is -0.121. The number of hydrogen-bond donors (Lipinski definition) is 3. The van der Waals surface area contributed by atoms with Crippen LogP contribution in [0.1, 0.15) is 37.8 Å². The van der Waals surface area contributed by atoms with Gasteiger partial charge in [-0.25, -0.2) is 9.97 Å². The van der Waals surface area contributed by atoms with Gasteiger partial charge in [-0.2, -0.15) is 5.10 Å². The number of nitrogens with one attached hydrogen (secondary N) is 3. The third-order valence-electron chi connectivity index (χ3n) is 5.84. The number of hydrogen-bond acceptors (Lipinski definition) is 7. The molecule has 5 aromatic rings. The number of aliphatic imine (C=N–C) groups is 1. The van der Waals surface area contributed by atoms with Crippen LogP contribution in [0.25, 0.3) is 49.7 Å². The normalized spacial score (nSPS) is 12.6. The fourth-order valence-corrected chi connectivity index (χ4v) is 5.07. The van der Waals surface area contributed by atoms with E-state index in [9.17, 15) is 4.79 Å². The smallest absolute Gasteiger partial charge is 0.224 e. The molecule has 9 nitrogen and oxygen atoms in total. The average Bonchev–Trinajstić information content (AvgIpc) is 3.60. The quantitative estimate of drug-likeness (QED) is 0.169. The van der Waals surface area contributed by atoms with E-state index in [1.54, 1.807) is 23.7 Å². The van der Waals surface area contributed by atoms with Crippen LogP contribution < -0.4 is 5.32 Å². The van der Waals surface area contributed by atoms with E-state index in [-0.39, 0.29) is 11.8 Å². The Morgan fingerprint density at radius 1 is 1.13 bits per heavy atom. The molecule has 1 amide bonds. The van der Waals surface area contributed by atoms with E-state index < -0.39 is 0 Å². The summed E-state index contributed by atoms with van der Waals surface area (Å²) in [4.78, 5) is 36.2. The molecule has 5 rings (SSSR count). The van der Waals surface area contributed by atoms with Crippen molar-refractivity contribution < 1.29 is 4.79 Å². The minimum absolute atomic E-state index is 0.0309. The first kappa shape index (κ1) is 25.2. The maximum Gasteiger partial charge on any atom is 0.224 e. The van der Waals surface area contributed by atoms with E-state index in [1.165, 1.54) is 4.88 Å². The van der Waals surface area contributed by atoms with Crippen LogP contribution in [-0.4, -0.2) is 42.8 Å². The van der Waals surface area contributed by atoms with E-state index in [0.717, 1.165) is 27.1 Å². The second kappa shape index (κ2) is 10.5. The summed E-state index contributed by atoms with van der Waals surface area (Å²) in [6.07, 6.45) is 5.69. The Kier molecular flexibility index (Phi) is 6.97. The standard InChI is InChI=1S/C28H28N8OS/c1-15(2)12-23(37)31-16(3)13-18(14-29-5)19-7-8-21-25(32-19)27(36-35-21)28-33-20-10-11-30-26(24(20)34-28)22-9-6-17(4)38-22/h6-11,13-15H,5,12H2,1-4H3,(H,31,37)(H,33,34)(H,35,36)/b16-13+,18-14+. The number of carbonyl (C=O) groups is 1. The van der Waals surface area contributed by atoms with Gasteiger partial charge in [0.2, 0.25) is 5.91 Å². The number of carbonyl (C=O) groups excluding carboxylic acids is 1. The van der Waals surface area contributed by atoms with Crippen molar-refractivity contribution >= 4 is 51.6 Å². The predicted molar refractivity (Wildman–Crippen MR) is 154 cm³/mol. The van der Waals surface area contributed by atoms with Gasteiger partial charge in [0.05, 0.1) is 21.6 Å². The topological polar surface area (TPSA) is 125 Å². The van der Waals surface area contributed by atoms with Crippen molar-refractivity contribution in [1.29, 1.82) is 0 Å². The first-order valence-corrected chi connectivity index (χ1v) is 13.1. The van der Waals surface area contributed by atoms with Crippen LogP contribution in [0.5, 0.6) is 0 Å². The molecule has 0 spiro atoms. The van der Waals surface area contributed by atoms with Crippen molar-refractivity contribution in [2.45, 2.75) is 34.1 Å². The molecule has 0 saturated heterocycles. The number of amides is 1. The Morgan fingerprint density at radius 2 is 1.95 bits per heavy atom. The summed E-state index contributed by atoms with van der Waals surface area (Å²) < 4.78 is 0. The van der Waals surface area contributed by atoms with E-state index in [1.807, 2.05) is 45.0 Å². The summed E-state index contributed by atoms with van der Waals surface area (Å²) in [5.74, 6) is 0.839. The zero-order chi connectivity index (χ0) is 26.8. The number of H-pyrrole nitrogens is 2. The first-order valence-electron chi connectivity index (χ1n) is 12.2. The Bertz CT molecular complexity index is 1720. The van der Waals surface area contributed by atoms with Gasteiger partial charge in [0.25, 0.3) is 0 Å². The maximum atomic E-state index is 12.2. The van der Waals surface area contributed by atoms with Crippen LogP contribution in [0.15, 0.2) is 59.5 Å². The van der Waals surface area contributed by atoms with Crippen molar-refractivity contribution in [2.75, 3.05) is 0 Å². The maximum absolute atomic E-state index is 12.2. The van der Waals surface area contributed by atoms with Crippen molar-refractivity contribution in [3.05, 3.63) is 65.1 Å². The van der Waals surface area contributed by atoms with Gasteiger partial charge in [-0.05, 0) is 62.9 Å². The number of thiophene rings is 1. The van der Waals surface area contributed by atoms with Crippen LogP contribution >= 0.6 is 11.3 Å². The van der Waals surface area contributed by atoms with Gasteiger partial charge in [0.15, 0.2) is 11.5 Å². The monoisotopic (exact) mass is 524 g/mol. The number of aromatic nitrogens is 6. The first-order chi connectivity index (χ1) is 18.3. The van der Waals surface area contributed by atoms with E-state index in [4.69, 9.17) is 9.97 Å². The van der Waals surface area contributed by atoms with Gasteiger partial charge in [0, 0.05) is 35.0 Å². The molecule has 0 aromatic carbocycles. The molecule has 0 aliphatic rings. The zero-order valence-corrected chi connectivity index (χ0v) is 22.5. The van der Waals surface area contributed by atoms with Crippen molar-refractivity contribution in [2.24, 2.45) is 10.9 Å². The molecule has 0 aliphatic heterocycles. The summed E-state index contributed by atoms with van der Waals surface area (Å²) in [5.41, 5.74) is 6.58. The number of imidazole rings is 1. The van der Waals surface area contributed by atoms with Gasteiger partial charge in [-0.1, -0.05) is 13.8 Å². The third kappa shape index (κ3) is 5.16. The van der Waals surface area contributed by atoms with Crippen LogP contribution in [0, 0.1) is 12.8 Å². The summed E-state index contributed by atoms with van der Waals surface area (Å²) in [6, 6.07) is 9.84. The fourth-order valence-electron chi connectivity index (χ4n) is 4.20. The Labute approximate surface area is 223 Å². The molecule has 0 radical (unpaired) electrons. The number of rotatable bonds is 8. The Hall–Kier alpha value is -4.44. The summed E-state index contributed by atoms with van der Waals surface area (Å²) in [5, 5.41) is 10.5. The second-order valence-corrected chi connectivity index (χ2v) is 10.7. The van der Waals surface area contributed by atoms with Gasteiger partial charge in [-0.15, -0.1) is 11.3 Å². The highest BCUT2D eigenvalue weighted by Gasteiger charge is 2.18. The van der Waals surface area contributed by atoms with Crippen molar-refractivity contribution in [1.82, 2.24) is 35.5 Å². The number of nitrogens with zero attached hydrogens (tertiary/aromatic N) is 5. The molecule has 0 aliphatic carbocycles. The fraction of sp³-hybridized carbons (Fsp3) is 0.214.